The fourth-order valence-electron chi connectivity index (χ4n) is 3.10. The van der Waals surface area contributed by atoms with E-state index in [0.717, 1.165) is 31.5 Å². The second-order valence-corrected chi connectivity index (χ2v) is 7.51. The Morgan fingerprint density at radius 3 is 2.64 bits per heavy atom. The van der Waals surface area contributed by atoms with Crippen LogP contribution >= 0.6 is 23.4 Å². The number of hydrogen-bond acceptors (Lipinski definition) is 4. The zero-order valence-corrected chi connectivity index (χ0v) is 15.2. The van der Waals surface area contributed by atoms with E-state index in [1.54, 1.807) is 12.1 Å². The number of benzene rings is 1. The van der Waals surface area contributed by atoms with Crippen LogP contribution in [0.3, 0.4) is 0 Å². The predicted molar refractivity (Wildman–Crippen MR) is 97.9 cm³/mol. The van der Waals surface area contributed by atoms with Gasteiger partial charge in [-0.3, -0.25) is 9.59 Å². The smallest absolute Gasteiger partial charge is 0.232 e. The molecule has 2 amide bonds. The summed E-state index contributed by atoms with van der Waals surface area (Å²) in [5.74, 6) is -0.167. The Balaban J connectivity index is 1.79. The zero-order chi connectivity index (χ0) is 17.8. The van der Waals surface area contributed by atoms with Crippen LogP contribution < -0.4 is 5.32 Å². The lowest BCUT2D eigenvalue weighted by atomic mass is 9.87. The molecule has 0 aliphatic carbocycles. The molecule has 7 heteroatoms. The van der Waals surface area contributed by atoms with E-state index in [4.69, 9.17) is 11.6 Å². The second-order valence-electron chi connectivity index (χ2n) is 6.09. The molecule has 2 aliphatic heterocycles. The van der Waals surface area contributed by atoms with Crippen molar-refractivity contribution in [2.24, 2.45) is 0 Å². The van der Waals surface area contributed by atoms with Crippen molar-refractivity contribution in [3.05, 3.63) is 45.5 Å². The van der Waals surface area contributed by atoms with Crippen molar-refractivity contribution in [3.63, 3.8) is 0 Å². The fourth-order valence-corrected chi connectivity index (χ4v) is 4.21. The molecule has 0 saturated carbocycles. The predicted octanol–water partition coefficient (Wildman–Crippen LogP) is 3.03. The molecule has 1 atom stereocenters. The van der Waals surface area contributed by atoms with Crippen molar-refractivity contribution in [1.82, 2.24) is 10.2 Å². The van der Waals surface area contributed by atoms with E-state index >= 15 is 0 Å². The molecule has 2 aliphatic rings. The summed E-state index contributed by atoms with van der Waals surface area (Å²) in [6.07, 6.45) is 2.30. The number of carbonyl (C=O) groups is 2. The van der Waals surface area contributed by atoms with Crippen molar-refractivity contribution in [3.8, 4) is 6.07 Å². The highest BCUT2D eigenvalue weighted by molar-refractivity contribution is 8.03. The minimum atomic E-state index is -0.305. The maximum Gasteiger partial charge on any atom is 0.232 e. The summed E-state index contributed by atoms with van der Waals surface area (Å²) in [5.41, 5.74) is 1.38. The molecule has 1 N–H and O–H groups in total. The molecular weight excluding hydrogens is 358 g/mol. The number of thioether (sulfide) groups is 1. The Morgan fingerprint density at radius 1 is 1.32 bits per heavy atom. The molecule has 25 heavy (non-hydrogen) atoms. The molecular formula is C18H18ClN3O2S. The lowest BCUT2D eigenvalue weighted by Crippen LogP contribution is -2.33. The average Bonchev–Trinajstić information content (AvgIpc) is 3.14. The van der Waals surface area contributed by atoms with Gasteiger partial charge in [-0.05, 0) is 30.5 Å². The molecule has 0 unspecified atom stereocenters. The van der Waals surface area contributed by atoms with Crippen molar-refractivity contribution < 1.29 is 9.59 Å². The number of amides is 2. The Hall–Kier alpha value is -1.97. The summed E-state index contributed by atoms with van der Waals surface area (Å²) in [6, 6.07) is 9.39. The number of likely N-dealkylation sites (tertiary alicyclic amines) is 1. The quantitative estimate of drug-likeness (QED) is 0.877. The van der Waals surface area contributed by atoms with E-state index in [1.165, 1.54) is 11.8 Å². The van der Waals surface area contributed by atoms with Gasteiger partial charge in [0.15, 0.2) is 0 Å². The molecule has 0 aromatic heterocycles. The first-order valence-corrected chi connectivity index (χ1v) is 9.55. The van der Waals surface area contributed by atoms with Crippen LogP contribution in [0.4, 0.5) is 0 Å². The number of nitriles is 1. The van der Waals surface area contributed by atoms with Crippen LogP contribution in [0.1, 0.15) is 30.7 Å². The van der Waals surface area contributed by atoms with E-state index in [1.807, 2.05) is 17.0 Å². The minimum Gasteiger partial charge on any atom is -0.342 e. The summed E-state index contributed by atoms with van der Waals surface area (Å²) in [6.45, 7) is 1.59. The van der Waals surface area contributed by atoms with Crippen LogP contribution in [-0.4, -0.2) is 35.6 Å². The lowest BCUT2D eigenvalue weighted by Gasteiger charge is -2.25. The van der Waals surface area contributed by atoms with Gasteiger partial charge in [0.1, 0.15) is 0 Å². The van der Waals surface area contributed by atoms with Gasteiger partial charge in [-0.1, -0.05) is 35.5 Å². The fraction of sp³-hybridized carbons (Fsp3) is 0.389. The lowest BCUT2D eigenvalue weighted by molar-refractivity contribution is -0.127. The van der Waals surface area contributed by atoms with Crippen molar-refractivity contribution in [2.45, 2.75) is 25.2 Å². The van der Waals surface area contributed by atoms with Crippen LogP contribution in [0.25, 0.3) is 0 Å². The van der Waals surface area contributed by atoms with Gasteiger partial charge < -0.3 is 10.2 Å². The summed E-state index contributed by atoms with van der Waals surface area (Å²) < 4.78 is 0. The normalized spacial score (nSPS) is 20.4. The van der Waals surface area contributed by atoms with Crippen molar-refractivity contribution in [2.75, 3.05) is 18.8 Å². The molecule has 0 bridgehead atoms. The van der Waals surface area contributed by atoms with Gasteiger partial charge in [0, 0.05) is 30.5 Å². The third-order valence-electron chi connectivity index (χ3n) is 4.43. The van der Waals surface area contributed by atoms with E-state index in [9.17, 15) is 14.9 Å². The van der Waals surface area contributed by atoms with Crippen LogP contribution in [0.5, 0.6) is 0 Å². The second kappa shape index (κ2) is 7.94. The van der Waals surface area contributed by atoms with Gasteiger partial charge in [-0.15, -0.1) is 0 Å². The van der Waals surface area contributed by atoms with Gasteiger partial charge in [0.05, 0.1) is 22.4 Å². The molecule has 1 aromatic carbocycles. The maximum absolute atomic E-state index is 12.2. The average molecular weight is 376 g/mol. The van der Waals surface area contributed by atoms with Gasteiger partial charge >= 0.3 is 0 Å². The van der Waals surface area contributed by atoms with Crippen LogP contribution in [0.2, 0.25) is 5.02 Å². The Bertz CT molecular complexity index is 749. The number of rotatable bonds is 4. The van der Waals surface area contributed by atoms with Crippen LogP contribution in [0, 0.1) is 11.3 Å². The zero-order valence-electron chi connectivity index (χ0n) is 13.6. The third-order valence-corrected chi connectivity index (χ3v) is 5.68. The number of nitrogens with zero attached hydrogens (tertiary/aromatic N) is 2. The highest BCUT2D eigenvalue weighted by Gasteiger charge is 2.30. The summed E-state index contributed by atoms with van der Waals surface area (Å²) in [7, 11) is 0. The molecule has 2 heterocycles. The number of carbonyl (C=O) groups excluding carboxylic acids is 2. The number of allylic oxidation sites excluding steroid dienone is 1. The van der Waals surface area contributed by atoms with Gasteiger partial charge in [-0.2, -0.15) is 5.26 Å². The Morgan fingerprint density at radius 2 is 2.00 bits per heavy atom. The number of hydrogen-bond donors (Lipinski definition) is 1. The topological polar surface area (TPSA) is 73.2 Å². The Kier molecular flexibility index (Phi) is 5.67. The maximum atomic E-state index is 12.2. The van der Waals surface area contributed by atoms with Gasteiger partial charge in [0.2, 0.25) is 11.8 Å². The van der Waals surface area contributed by atoms with Gasteiger partial charge in [0.25, 0.3) is 0 Å². The number of nitrogens with one attached hydrogen (secondary N) is 1. The molecule has 1 aromatic rings. The summed E-state index contributed by atoms with van der Waals surface area (Å²) in [4.78, 5) is 26.2. The van der Waals surface area contributed by atoms with Crippen LogP contribution in [-0.2, 0) is 9.59 Å². The third kappa shape index (κ3) is 4.17. The molecule has 1 saturated heterocycles. The molecule has 130 valence electrons. The van der Waals surface area contributed by atoms with Crippen molar-refractivity contribution in [1.29, 1.82) is 5.26 Å². The number of halogens is 1. The van der Waals surface area contributed by atoms with Crippen LogP contribution in [0.15, 0.2) is 34.9 Å². The largest absolute Gasteiger partial charge is 0.342 e. The molecule has 0 spiro atoms. The molecule has 0 radical (unpaired) electrons. The first-order valence-electron chi connectivity index (χ1n) is 8.18. The van der Waals surface area contributed by atoms with E-state index in [-0.39, 0.29) is 29.9 Å². The highest BCUT2D eigenvalue weighted by atomic mass is 35.5. The molecule has 3 rings (SSSR count). The van der Waals surface area contributed by atoms with E-state index < -0.39 is 0 Å². The molecule has 5 nitrogen and oxygen atoms in total. The standard InChI is InChI=1S/C18H18ClN3O2S/c19-13-5-3-12(4-6-13)14-9-16(23)21-18(15(14)10-20)25-11-17(24)22-7-1-2-8-22/h3-6,14H,1-2,7-9,11H2,(H,21,23)/t14-/m1/s1. The first-order chi connectivity index (χ1) is 12.1. The molecule has 1 fully saturated rings. The van der Waals surface area contributed by atoms with Gasteiger partial charge in [-0.25, -0.2) is 0 Å². The monoisotopic (exact) mass is 375 g/mol. The van der Waals surface area contributed by atoms with E-state index in [2.05, 4.69) is 11.4 Å². The van der Waals surface area contributed by atoms with E-state index in [0.29, 0.717) is 15.6 Å². The SMILES string of the molecule is N#CC1=C(SCC(=O)N2CCCC2)NC(=O)C[C@@H]1c1ccc(Cl)cc1. The summed E-state index contributed by atoms with van der Waals surface area (Å²) in [5, 5.41) is 13.5. The summed E-state index contributed by atoms with van der Waals surface area (Å²) >= 11 is 7.16. The first kappa shape index (κ1) is 17.8. The minimum absolute atomic E-state index is 0.0511. The Labute approximate surface area is 156 Å². The highest BCUT2D eigenvalue weighted by Crippen LogP contribution is 2.36. The van der Waals surface area contributed by atoms with Crippen molar-refractivity contribution >= 4 is 35.2 Å².